The van der Waals surface area contributed by atoms with E-state index in [1.54, 1.807) is 0 Å². The van der Waals surface area contributed by atoms with Crippen molar-refractivity contribution in [3.63, 3.8) is 0 Å². The average molecular weight is 289 g/mol. The van der Waals surface area contributed by atoms with Crippen LogP contribution >= 0.6 is 0 Å². The van der Waals surface area contributed by atoms with Crippen molar-refractivity contribution in [1.82, 2.24) is 4.90 Å². The van der Waals surface area contributed by atoms with Crippen LogP contribution < -0.4 is 11.1 Å². The molecule has 1 aromatic rings. The zero-order valence-corrected chi connectivity index (χ0v) is 13.4. The molecule has 2 unspecified atom stereocenters. The third-order valence-corrected chi connectivity index (χ3v) is 4.61. The summed E-state index contributed by atoms with van der Waals surface area (Å²) in [6, 6.07) is 5.53. The van der Waals surface area contributed by atoms with Crippen molar-refractivity contribution in [1.29, 1.82) is 0 Å². The van der Waals surface area contributed by atoms with Crippen molar-refractivity contribution in [3.8, 4) is 0 Å². The van der Waals surface area contributed by atoms with Crippen molar-refractivity contribution in [2.75, 3.05) is 24.1 Å². The second-order valence-electron chi connectivity index (χ2n) is 6.26. The van der Waals surface area contributed by atoms with Crippen LogP contribution in [0, 0.1) is 12.8 Å². The van der Waals surface area contributed by atoms with Gasteiger partial charge in [0.1, 0.15) is 0 Å². The standard InChI is InChI=1S/C17H27N3O/c1-12-6-5-10-20(11-9-12)14(3)17(21)19-16-8-4-7-15(18)13(16)2/h4,7-8,12,14H,5-6,9-11,18H2,1-3H3,(H,19,21). The lowest BCUT2D eigenvalue weighted by molar-refractivity contribution is -0.120. The zero-order chi connectivity index (χ0) is 15.4. The fourth-order valence-corrected chi connectivity index (χ4v) is 2.86. The summed E-state index contributed by atoms with van der Waals surface area (Å²) >= 11 is 0. The smallest absolute Gasteiger partial charge is 0.241 e. The van der Waals surface area contributed by atoms with Crippen molar-refractivity contribution in [3.05, 3.63) is 23.8 Å². The zero-order valence-electron chi connectivity index (χ0n) is 13.4. The van der Waals surface area contributed by atoms with Gasteiger partial charge in [-0.25, -0.2) is 0 Å². The van der Waals surface area contributed by atoms with E-state index in [4.69, 9.17) is 5.73 Å². The predicted molar refractivity (Wildman–Crippen MR) is 88.3 cm³/mol. The Balaban J connectivity index is 2.00. The Morgan fingerprint density at radius 2 is 2.14 bits per heavy atom. The number of nitrogen functional groups attached to an aromatic ring is 1. The molecule has 0 radical (unpaired) electrons. The van der Waals surface area contributed by atoms with Gasteiger partial charge in [-0.2, -0.15) is 0 Å². The fourth-order valence-electron chi connectivity index (χ4n) is 2.86. The minimum Gasteiger partial charge on any atom is -0.398 e. The highest BCUT2D eigenvalue weighted by atomic mass is 16.2. The van der Waals surface area contributed by atoms with Gasteiger partial charge in [0.25, 0.3) is 0 Å². The van der Waals surface area contributed by atoms with Crippen LogP contribution in [-0.2, 0) is 4.79 Å². The molecule has 4 heteroatoms. The maximum Gasteiger partial charge on any atom is 0.241 e. The molecule has 116 valence electrons. The molecule has 4 nitrogen and oxygen atoms in total. The molecule has 1 fully saturated rings. The molecule has 1 aliphatic heterocycles. The van der Waals surface area contributed by atoms with Gasteiger partial charge in [0, 0.05) is 11.4 Å². The van der Waals surface area contributed by atoms with Crippen LogP contribution in [0.2, 0.25) is 0 Å². The number of carbonyl (C=O) groups is 1. The van der Waals surface area contributed by atoms with E-state index < -0.39 is 0 Å². The lowest BCUT2D eigenvalue weighted by atomic mass is 10.0. The SMILES string of the molecule is Cc1c(N)cccc1NC(=O)C(C)N1CCCC(C)CC1. The van der Waals surface area contributed by atoms with Gasteiger partial charge in [-0.1, -0.05) is 13.0 Å². The Bertz CT molecular complexity index is 501. The molecule has 2 rings (SSSR count). The first-order valence-electron chi connectivity index (χ1n) is 7.89. The number of likely N-dealkylation sites (tertiary alicyclic amines) is 1. The number of rotatable bonds is 3. The van der Waals surface area contributed by atoms with Crippen molar-refractivity contribution < 1.29 is 4.79 Å². The van der Waals surface area contributed by atoms with Gasteiger partial charge in [0.15, 0.2) is 0 Å². The Kier molecular flexibility index (Phi) is 5.23. The Hall–Kier alpha value is -1.55. The molecule has 2 atom stereocenters. The summed E-state index contributed by atoms with van der Waals surface area (Å²) in [5.41, 5.74) is 8.35. The number of hydrogen-bond acceptors (Lipinski definition) is 3. The summed E-state index contributed by atoms with van der Waals surface area (Å²) in [5, 5.41) is 3.02. The molecule has 1 aromatic carbocycles. The lowest BCUT2D eigenvalue weighted by Crippen LogP contribution is -2.42. The Morgan fingerprint density at radius 3 is 2.90 bits per heavy atom. The van der Waals surface area contributed by atoms with Crippen LogP contribution in [0.5, 0.6) is 0 Å². The van der Waals surface area contributed by atoms with Crippen LogP contribution in [-0.4, -0.2) is 29.9 Å². The number of hydrogen-bond donors (Lipinski definition) is 2. The van der Waals surface area contributed by atoms with Gasteiger partial charge < -0.3 is 11.1 Å². The molecule has 1 saturated heterocycles. The highest BCUT2D eigenvalue weighted by Crippen LogP contribution is 2.22. The second kappa shape index (κ2) is 6.94. The first-order chi connectivity index (χ1) is 9.99. The number of amides is 1. The van der Waals surface area contributed by atoms with Gasteiger partial charge in [0.2, 0.25) is 5.91 Å². The number of carbonyl (C=O) groups excluding carboxylic acids is 1. The molecule has 0 bridgehead atoms. The first-order valence-corrected chi connectivity index (χ1v) is 7.89. The van der Waals surface area contributed by atoms with E-state index in [0.29, 0.717) is 5.69 Å². The van der Waals surface area contributed by atoms with Crippen LogP contribution in [0.3, 0.4) is 0 Å². The van der Waals surface area contributed by atoms with E-state index in [1.807, 2.05) is 32.0 Å². The van der Waals surface area contributed by atoms with E-state index in [2.05, 4.69) is 17.1 Å². The highest BCUT2D eigenvalue weighted by molar-refractivity contribution is 5.95. The highest BCUT2D eigenvalue weighted by Gasteiger charge is 2.24. The van der Waals surface area contributed by atoms with Crippen molar-refractivity contribution in [2.24, 2.45) is 5.92 Å². The Labute approximate surface area is 127 Å². The molecule has 1 amide bonds. The molecule has 21 heavy (non-hydrogen) atoms. The fraction of sp³-hybridized carbons (Fsp3) is 0.588. The third-order valence-electron chi connectivity index (χ3n) is 4.61. The predicted octanol–water partition coefficient (Wildman–Crippen LogP) is 3.03. The number of nitrogens with one attached hydrogen (secondary N) is 1. The molecular weight excluding hydrogens is 262 g/mol. The summed E-state index contributed by atoms with van der Waals surface area (Å²) < 4.78 is 0. The normalized spacial score (nSPS) is 21.6. The largest absolute Gasteiger partial charge is 0.398 e. The Morgan fingerprint density at radius 1 is 1.38 bits per heavy atom. The van der Waals surface area contributed by atoms with Crippen LogP contribution in [0.4, 0.5) is 11.4 Å². The van der Waals surface area contributed by atoms with Gasteiger partial charge >= 0.3 is 0 Å². The van der Waals surface area contributed by atoms with E-state index in [9.17, 15) is 4.79 Å². The molecule has 3 N–H and O–H groups in total. The number of nitrogens with two attached hydrogens (primary N) is 1. The summed E-state index contributed by atoms with van der Waals surface area (Å²) in [6.07, 6.45) is 3.62. The second-order valence-corrected chi connectivity index (χ2v) is 6.26. The van der Waals surface area contributed by atoms with Crippen LogP contribution in [0.15, 0.2) is 18.2 Å². The molecule has 0 aliphatic carbocycles. The van der Waals surface area contributed by atoms with Gasteiger partial charge in [-0.15, -0.1) is 0 Å². The van der Waals surface area contributed by atoms with E-state index in [-0.39, 0.29) is 11.9 Å². The maximum atomic E-state index is 12.5. The van der Waals surface area contributed by atoms with Gasteiger partial charge in [-0.05, 0) is 69.8 Å². The number of anilines is 2. The van der Waals surface area contributed by atoms with Gasteiger partial charge in [-0.3, -0.25) is 9.69 Å². The summed E-state index contributed by atoms with van der Waals surface area (Å²) in [7, 11) is 0. The minimum absolute atomic E-state index is 0.0539. The quantitative estimate of drug-likeness (QED) is 0.841. The summed E-state index contributed by atoms with van der Waals surface area (Å²) in [6.45, 7) is 8.24. The molecule has 1 aliphatic rings. The molecule has 0 aromatic heterocycles. The maximum absolute atomic E-state index is 12.5. The number of benzene rings is 1. The van der Waals surface area contributed by atoms with E-state index >= 15 is 0 Å². The van der Waals surface area contributed by atoms with Crippen molar-refractivity contribution >= 4 is 17.3 Å². The van der Waals surface area contributed by atoms with Crippen molar-refractivity contribution in [2.45, 2.75) is 46.1 Å². The monoisotopic (exact) mass is 289 g/mol. The topological polar surface area (TPSA) is 58.4 Å². The molecule has 0 spiro atoms. The van der Waals surface area contributed by atoms with Crippen LogP contribution in [0.25, 0.3) is 0 Å². The third kappa shape index (κ3) is 3.97. The first kappa shape index (κ1) is 15.8. The lowest BCUT2D eigenvalue weighted by Gasteiger charge is -2.27. The van der Waals surface area contributed by atoms with E-state index in [0.717, 1.165) is 30.3 Å². The average Bonchev–Trinajstić information content (AvgIpc) is 2.68. The minimum atomic E-state index is -0.101. The molecule has 0 saturated carbocycles. The number of nitrogens with zero attached hydrogens (tertiary/aromatic N) is 1. The summed E-state index contributed by atoms with van der Waals surface area (Å²) in [5.74, 6) is 0.819. The van der Waals surface area contributed by atoms with Gasteiger partial charge in [0.05, 0.1) is 6.04 Å². The molecular formula is C17H27N3O. The molecule has 1 heterocycles. The summed E-state index contributed by atoms with van der Waals surface area (Å²) in [4.78, 5) is 14.8. The van der Waals surface area contributed by atoms with Crippen LogP contribution in [0.1, 0.15) is 38.7 Å². The van der Waals surface area contributed by atoms with E-state index in [1.165, 1.54) is 19.3 Å².